The average molecular weight is 237 g/mol. The lowest BCUT2D eigenvalue weighted by molar-refractivity contribution is 0.320. The Hall–Kier alpha value is -0.830. The van der Waals surface area contributed by atoms with Gasteiger partial charge in [-0.05, 0) is 31.6 Å². The molecule has 98 valence electrons. The van der Waals surface area contributed by atoms with Gasteiger partial charge < -0.3 is 10.3 Å². The second-order valence-electron chi connectivity index (χ2n) is 6.10. The molecule has 0 aliphatic carbocycles. The zero-order chi connectivity index (χ0) is 12.9. The van der Waals surface area contributed by atoms with E-state index in [2.05, 4.69) is 49.9 Å². The first-order valence-corrected chi connectivity index (χ1v) is 6.67. The molecule has 3 heteroatoms. The summed E-state index contributed by atoms with van der Waals surface area (Å²) >= 11 is 0. The van der Waals surface area contributed by atoms with Crippen LogP contribution in [0.5, 0.6) is 0 Å². The first kappa shape index (κ1) is 14.2. The number of imidazole rings is 1. The van der Waals surface area contributed by atoms with Gasteiger partial charge in [0.1, 0.15) is 5.82 Å². The van der Waals surface area contributed by atoms with Crippen LogP contribution in [0.4, 0.5) is 0 Å². The zero-order valence-electron chi connectivity index (χ0n) is 11.9. The van der Waals surface area contributed by atoms with E-state index >= 15 is 0 Å². The van der Waals surface area contributed by atoms with E-state index in [0.29, 0.717) is 17.5 Å². The van der Waals surface area contributed by atoms with E-state index in [4.69, 9.17) is 0 Å². The largest absolute Gasteiger partial charge is 0.347 e. The van der Waals surface area contributed by atoms with Gasteiger partial charge in [0.05, 0.1) is 6.04 Å². The SMILES string of the molecule is CCC(NC(C)CCC(C)(C)C)c1ncc[nH]1. The Balaban J connectivity index is 2.41. The molecule has 1 heterocycles. The number of hydrogen-bond acceptors (Lipinski definition) is 2. The molecule has 0 bridgehead atoms. The molecule has 0 radical (unpaired) electrons. The Bertz CT molecular complexity index is 298. The highest BCUT2D eigenvalue weighted by molar-refractivity contribution is 4.95. The van der Waals surface area contributed by atoms with E-state index in [1.54, 1.807) is 0 Å². The number of nitrogens with zero attached hydrogens (tertiary/aromatic N) is 1. The summed E-state index contributed by atoms with van der Waals surface area (Å²) in [6.45, 7) is 11.3. The van der Waals surface area contributed by atoms with E-state index in [1.807, 2.05) is 12.4 Å². The summed E-state index contributed by atoms with van der Waals surface area (Å²) in [5.74, 6) is 1.05. The average Bonchev–Trinajstić information content (AvgIpc) is 2.75. The lowest BCUT2D eigenvalue weighted by Gasteiger charge is -2.24. The maximum atomic E-state index is 4.33. The van der Waals surface area contributed by atoms with Crippen LogP contribution in [0.3, 0.4) is 0 Å². The predicted octanol–water partition coefficient (Wildman–Crippen LogP) is 3.67. The lowest BCUT2D eigenvalue weighted by Crippen LogP contribution is -2.31. The summed E-state index contributed by atoms with van der Waals surface area (Å²) in [4.78, 5) is 7.52. The van der Waals surface area contributed by atoms with Crippen molar-refractivity contribution in [2.24, 2.45) is 5.41 Å². The van der Waals surface area contributed by atoms with Crippen LogP contribution >= 0.6 is 0 Å². The molecule has 0 amide bonds. The van der Waals surface area contributed by atoms with Crippen LogP contribution in [-0.4, -0.2) is 16.0 Å². The molecule has 0 aliphatic rings. The van der Waals surface area contributed by atoms with Crippen molar-refractivity contribution in [2.75, 3.05) is 0 Å². The van der Waals surface area contributed by atoms with E-state index in [1.165, 1.54) is 12.8 Å². The third kappa shape index (κ3) is 5.35. The van der Waals surface area contributed by atoms with Crippen LogP contribution in [0.1, 0.15) is 65.7 Å². The quantitative estimate of drug-likeness (QED) is 0.792. The predicted molar refractivity (Wildman–Crippen MR) is 72.9 cm³/mol. The topological polar surface area (TPSA) is 40.7 Å². The summed E-state index contributed by atoms with van der Waals surface area (Å²) in [5, 5.41) is 3.65. The Morgan fingerprint density at radius 2 is 2.12 bits per heavy atom. The summed E-state index contributed by atoms with van der Waals surface area (Å²) in [5.41, 5.74) is 0.419. The highest BCUT2D eigenvalue weighted by Gasteiger charge is 2.17. The normalized spacial score (nSPS) is 15.8. The smallest absolute Gasteiger partial charge is 0.123 e. The minimum Gasteiger partial charge on any atom is -0.347 e. The molecular weight excluding hydrogens is 210 g/mol. The fourth-order valence-corrected chi connectivity index (χ4v) is 1.93. The van der Waals surface area contributed by atoms with Gasteiger partial charge in [0.25, 0.3) is 0 Å². The van der Waals surface area contributed by atoms with Crippen molar-refractivity contribution in [1.29, 1.82) is 0 Å². The molecule has 0 spiro atoms. The Kier molecular flexibility index (Phi) is 5.19. The maximum absolute atomic E-state index is 4.33. The number of rotatable bonds is 6. The van der Waals surface area contributed by atoms with E-state index < -0.39 is 0 Å². The minimum absolute atomic E-state index is 0.347. The second kappa shape index (κ2) is 6.20. The van der Waals surface area contributed by atoms with Crippen LogP contribution in [0, 0.1) is 5.41 Å². The van der Waals surface area contributed by atoms with Crippen molar-refractivity contribution >= 4 is 0 Å². The Labute approximate surface area is 105 Å². The molecule has 0 aliphatic heterocycles. The molecule has 0 saturated heterocycles. The van der Waals surface area contributed by atoms with Gasteiger partial charge in [0.2, 0.25) is 0 Å². The summed E-state index contributed by atoms with van der Waals surface area (Å²) < 4.78 is 0. The second-order valence-corrected chi connectivity index (χ2v) is 6.10. The summed E-state index contributed by atoms with van der Waals surface area (Å²) in [6, 6.07) is 0.879. The molecule has 0 fully saturated rings. The molecule has 0 aromatic carbocycles. The van der Waals surface area contributed by atoms with Crippen LogP contribution in [0.2, 0.25) is 0 Å². The molecule has 2 N–H and O–H groups in total. The fraction of sp³-hybridized carbons (Fsp3) is 0.786. The number of hydrogen-bond donors (Lipinski definition) is 2. The molecule has 2 unspecified atom stereocenters. The first-order chi connectivity index (χ1) is 7.92. The van der Waals surface area contributed by atoms with Crippen molar-refractivity contribution in [3.8, 4) is 0 Å². The molecular formula is C14H27N3. The highest BCUT2D eigenvalue weighted by atomic mass is 15.0. The number of H-pyrrole nitrogens is 1. The third-order valence-corrected chi connectivity index (χ3v) is 3.07. The van der Waals surface area contributed by atoms with Crippen molar-refractivity contribution in [1.82, 2.24) is 15.3 Å². The monoisotopic (exact) mass is 237 g/mol. The summed E-state index contributed by atoms with van der Waals surface area (Å²) in [7, 11) is 0. The molecule has 1 aromatic rings. The van der Waals surface area contributed by atoms with Gasteiger partial charge in [0.15, 0.2) is 0 Å². The molecule has 3 nitrogen and oxygen atoms in total. The molecule has 1 aromatic heterocycles. The maximum Gasteiger partial charge on any atom is 0.123 e. The van der Waals surface area contributed by atoms with E-state index in [0.717, 1.165) is 12.2 Å². The van der Waals surface area contributed by atoms with Gasteiger partial charge in [-0.1, -0.05) is 27.7 Å². The van der Waals surface area contributed by atoms with Crippen LogP contribution < -0.4 is 5.32 Å². The number of aromatic nitrogens is 2. The van der Waals surface area contributed by atoms with Gasteiger partial charge in [-0.2, -0.15) is 0 Å². The highest BCUT2D eigenvalue weighted by Crippen LogP contribution is 2.22. The number of aromatic amines is 1. The van der Waals surface area contributed by atoms with Gasteiger partial charge >= 0.3 is 0 Å². The van der Waals surface area contributed by atoms with Crippen LogP contribution in [0.25, 0.3) is 0 Å². The van der Waals surface area contributed by atoms with Crippen LogP contribution in [0.15, 0.2) is 12.4 Å². The third-order valence-electron chi connectivity index (χ3n) is 3.07. The fourth-order valence-electron chi connectivity index (χ4n) is 1.93. The zero-order valence-corrected chi connectivity index (χ0v) is 11.9. The van der Waals surface area contributed by atoms with Crippen LogP contribution in [-0.2, 0) is 0 Å². The summed E-state index contributed by atoms with van der Waals surface area (Å²) in [6.07, 6.45) is 7.23. The van der Waals surface area contributed by atoms with Gasteiger partial charge in [0, 0.05) is 18.4 Å². The molecule has 1 rings (SSSR count). The van der Waals surface area contributed by atoms with Crippen molar-refractivity contribution in [3.05, 3.63) is 18.2 Å². The minimum atomic E-state index is 0.347. The van der Waals surface area contributed by atoms with Gasteiger partial charge in [-0.15, -0.1) is 0 Å². The lowest BCUT2D eigenvalue weighted by atomic mass is 9.89. The molecule has 2 atom stereocenters. The van der Waals surface area contributed by atoms with Gasteiger partial charge in [-0.25, -0.2) is 4.98 Å². The number of nitrogens with one attached hydrogen (secondary N) is 2. The van der Waals surface area contributed by atoms with Gasteiger partial charge in [-0.3, -0.25) is 0 Å². The Morgan fingerprint density at radius 1 is 1.41 bits per heavy atom. The molecule has 0 saturated carbocycles. The van der Waals surface area contributed by atoms with Crippen molar-refractivity contribution < 1.29 is 0 Å². The Morgan fingerprint density at radius 3 is 2.59 bits per heavy atom. The van der Waals surface area contributed by atoms with E-state index in [9.17, 15) is 0 Å². The van der Waals surface area contributed by atoms with E-state index in [-0.39, 0.29) is 0 Å². The molecule has 17 heavy (non-hydrogen) atoms. The first-order valence-electron chi connectivity index (χ1n) is 6.67. The van der Waals surface area contributed by atoms with Crippen molar-refractivity contribution in [3.63, 3.8) is 0 Å². The standard InChI is InChI=1S/C14H27N3/c1-6-12(13-15-9-10-16-13)17-11(2)7-8-14(3,4)5/h9-12,17H,6-8H2,1-5H3,(H,15,16). The van der Waals surface area contributed by atoms with Crippen molar-refractivity contribution in [2.45, 2.75) is 66.0 Å².